The van der Waals surface area contributed by atoms with Gasteiger partial charge in [0.2, 0.25) is 5.88 Å². The maximum atomic E-state index is 11.0. The summed E-state index contributed by atoms with van der Waals surface area (Å²) in [5.41, 5.74) is 5.41. The molecule has 2 aromatic heterocycles. The lowest BCUT2D eigenvalue weighted by atomic mass is 10.1. The van der Waals surface area contributed by atoms with Gasteiger partial charge in [-0.25, -0.2) is 9.97 Å². The summed E-state index contributed by atoms with van der Waals surface area (Å²) in [6.07, 6.45) is 2.37. The highest BCUT2D eigenvalue weighted by Crippen LogP contribution is 2.32. The average Bonchev–Trinajstić information content (AvgIpc) is 3.12. The number of benzene rings is 3. The number of fused-ring (bicyclic) bond motifs is 1. The molecule has 5 nitrogen and oxygen atoms in total. The van der Waals surface area contributed by atoms with E-state index in [2.05, 4.69) is 0 Å². The van der Waals surface area contributed by atoms with Gasteiger partial charge >= 0.3 is 0 Å². The zero-order chi connectivity index (χ0) is 20.5. The molecule has 5 rings (SSSR count). The van der Waals surface area contributed by atoms with Gasteiger partial charge in [-0.1, -0.05) is 60.7 Å². The van der Waals surface area contributed by atoms with Gasteiger partial charge in [0.25, 0.3) is 0 Å². The third kappa shape index (κ3) is 3.26. The van der Waals surface area contributed by atoms with Crippen LogP contribution in [0.3, 0.4) is 0 Å². The Morgan fingerprint density at radius 2 is 1.37 bits per heavy atom. The minimum Gasteiger partial charge on any atom is -0.508 e. The molecule has 2 N–H and O–H groups in total. The summed E-state index contributed by atoms with van der Waals surface area (Å²) < 4.78 is 1.69. The molecule has 0 aliphatic heterocycles. The number of hydrogen-bond acceptors (Lipinski definition) is 4. The molecule has 0 bridgehead atoms. The van der Waals surface area contributed by atoms with E-state index in [4.69, 9.17) is 9.97 Å². The second-order valence-corrected chi connectivity index (χ2v) is 7.13. The quantitative estimate of drug-likeness (QED) is 0.447. The summed E-state index contributed by atoms with van der Waals surface area (Å²) in [5, 5.41) is 20.6. The van der Waals surface area contributed by atoms with Crippen LogP contribution in [0.15, 0.2) is 91.1 Å². The number of nitrogens with zero attached hydrogens (tertiary/aromatic N) is 3. The lowest BCUT2D eigenvalue weighted by molar-refractivity contribution is 0.450. The van der Waals surface area contributed by atoms with Crippen LogP contribution in [0.5, 0.6) is 11.6 Å². The Labute approximate surface area is 173 Å². The lowest BCUT2D eigenvalue weighted by Crippen LogP contribution is -2.00. The van der Waals surface area contributed by atoms with Crippen molar-refractivity contribution >= 4 is 5.65 Å². The number of phenolic OH excluding ortho intramolecular Hbond substituents is 1. The molecule has 0 saturated heterocycles. The monoisotopic (exact) mass is 393 g/mol. The van der Waals surface area contributed by atoms with E-state index in [-0.39, 0.29) is 11.6 Å². The molecule has 146 valence electrons. The van der Waals surface area contributed by atoms with Crippen LogP contribution in [0, 0.1) is 0 Å². The first-order chi connectivity index (χ1) is 14.7. The number of aromatic nitrogens is 3. The van der Waals surface area contributed by atoms with Crippen LogP contribution in [-0.2, 0) is 6.42 Å². The highest BCUT2D eigenvalue weighted by Gasteiger charge is 2.18. The molecule has 0 aliphatic rings. The highest BCUT2D eigenvalue weighted by atomic mass is 16.3. The van der Waals surface area contributed by atoms with Crippen LogP contribution >= 0.6 is 0 Å². The SMILES string of the molecule is Oc1ccc(-c2cn3c(O)c(-c4ccccc4)nc3c(Cc3ccccc3)n2)cc1. The fraction of sp³-hybridized carbons (Fsp3) is 0.0400. The molecule has 0 spiro atoms. The van der Waals surface area contributed by atoms with Crippen LogP contribution in [0.1, 0.15) is 11.3 Å². The first-order valence-electron chi connectivity index (χ1n) is 9.69. The van der Waals surface area contributed by atoms with Gasteiger partial charge in [0.05, 0.1) is 11.4 Å². The van der Waals surface area contributed by atoms with E-state index in [9.17, 15) is 10.2 Å². The van der Waals surface area contributed by atoms with Gasteiger partial charge in [-0.05, 0) is 29.8 Å². The van der Waals surface area contributed by atoms with E-state index in [0.717, 1.165) is 22.4 Å². The minimum atomic E-state index is 0.0768. The normalized spacial score (nSPS) is 11.1. The van der Waals surface area contributed by atoms with Gasteiger partial charge in [-0.15, -0.1) is 0 Å². The van der Waals surface area contributed by atoms with Crippen LogP contribution < -0.4 is 0 Å². The molecular weight excluding hydrogens is 374 g/mol. The van der Waals surface area contributed by atoms with Crippen molar-refractivity contribution in [1.82, 2.24) is 14.4 Å². The van der Waals surface area contributed by atoms with Crippen molar-refractivity contribution in [2.75, 3.05) is 0 Å². The van der Waals surface area contributed by atoms with Crippen molar-refractivity contribution in [3.63, 3.8) is 0 Å². The third-order valence-corrected chi connectivity index (χ3v) is 5.08. The van der Waals surface area contributed by atoms with E-state index in [0.29, 0.717) is 23.5 Å². The first-order valence-corrected chi connectivity index (χ1v) is 9.69. The Balaban J connectivity index is 1.73. The molecule has 2 heterocycles. The second kappa shape index (κ2) is 7.37. The Kier molecular flexibility index (Phi) is 4.41. The van der Waals surface area contributed by atoms with Gasteiger partial charge < -0.3 is 10.2 Å². The predicted molar refractivity (Wildman–Crippen MR) is 116 cm³/mol. The zero-order valence-electron chi connectivity index (χ0n) is 16.1. The van der Waals surface area contributed by atoms with Gasteiger partial charge in [-0.2, -0.15) is 0 Å². The number of aromatic hydroxyl groups is 2. The smallest absolute Gasteiger partial charge is 0.224 e. The van der Waals surface area contributed by atoms with Crippen molar-refractivity contribution < 1.29 is 10.2 Å². The summed E-state index contributed by atoms with van der Waals surface area (Å²) >= 11 is 0. The molecule has 5 aromatic rings. The van der Waals surface area contributed by atoms with Crippen LogP contribution in [0.2, 0.25) is 0 Å². The molecule has 0 aliphatic carbocycles. The fourth-order valence-electron chi connectivity index (χ4n) is 3.57. The standard InChI is InChI=1S/C25H19N3O2/c29-20-13-11-18(12-14-20)22-16-28-24(21(26-22)15-17-7-3-1-4-8-17)27-23(25(28)30)19-9-5-2-6-10-19/h1-14,16,29-30H,15H2. The Bertz CT molecular complexity index is 1310. The van der Waals surface area contributed by atoms with Gasteiger partial charge in [0.15, 0.2) is 5.65 Å². The Morgan fingerprint density at radius 1 is 0.700 bits per heavy atom. The van der Waals surface area contributed by atoms with Crippen LogP contribution in [-0.4, -0.2) is 24.6 Å². The highest BCUT2D eigenvalue weighted by molar-refractivity contribution is 5.72. The maximum Gasteiger partial charge on any atom is 0.224 e. The van der Waals surface area contributed by atoms with E-state index in [1.54, 1.807) is 22.7 Å². The van der Waals surface area contributed by atoms with E-state index in [1.165, 1.54) is 0 Å². The number of phenols is 1. The number of hydrogen-bond donors (Lipinski definition) is 2. The van der Waals surface area contributed by atoms with Gasteiger partial charge in [0.1, 0.15) is 11.4 Å². The molecule has 30 heavy (non-hydrogen) atoms. The molecule has 0 amide bonds. The van der Waals surface area contributed by atoms with E-state index < -0.39 is 0 Å². The minimum absolute atomic E-state index is 0.0768. The average molecular weight is 393 g/mol. The molecule has 5 heteroatoms. The summed E-state index contributed by atoms with van der Waals surface area (Å²) in [7, 11) is 0. The maximum absolute atomic E-state index is 11.0. The Hall–Kier alpha value is -4.12. The Morgan fingerprint density at radius 3 is 2.07 bits per heavy atom. The molecule has 3 aromatic carbocycles. The lowest BCUT2D eigenvalue weighted by Gasteiger charge is -2.08. The number of imidazole rings is 1. The molecule has 0 unspecified atom stereocenters. The third-order valence-electron chi connectivity index (χ3n) is 5.08. The van der Waals surface area contributed by atoms with Crippen molar-refractivity contribution in [1.29, 1.82) is 0 Å². The van der Waals surface area contributed by atoms with Crippen LogP contribution in [0.25, 0.3) is 28.2 Å². The van der Waals surface area contributed by atoms with Crippen molar-refractivity contribution in [2.45, 2.75) is 6.42 Å². The zero-order valence-corrected chi connectivity index (χ0v) is 16.1. The summed E-state index contributed by atoms with van der Waals surface area (Å²) in [6.45, 7) is 0. The van der Waals surface area contributed by atoms with E-state index >= 15 is 0 Å². The molecule has 0 saturated carbocycles. The molecular formula is C25H19N3O2. The van der Waals surface area contributed by atoms with Crippen molar-refractivity contribution in [2.24, 2.45) is 0 Å². The summed E-state index contributed by atoms with van der Waals surface area (Å²) in [4.78, 5) is 9.61. The molecule has 0 radical (unpaired) electrons. The largest absolute Gasteiger partial charge is 0.508 e. The number of rotatable bonds is 4. The molecule has 0 fully saturated rings. The predicted octanol–water partition coefficient (Wildman–Crippen LogP) is 5.07. The van der Waals surface area contributed by atoms with Crippen molar-refractivity contribution in [3.8, 4) is 34.1 Å². The first kappa shape index (κ1) is 17.9. The molecule has 0 atom stereocenters. The topological polar surface area (TPSA) is 70.7 Å². The van der Waals surface area contributed by atoms with E-state index in [1.807, 2.05) is 72.8 Å². The summed E-state index contributed by atoms with van der Waals surface area (Å²) in [6, 6.07) is 26.6. The van der Waals surface area contributed by atoms with Gasteiger partial charge in [-0.3, -0.25) is 4.40 Å². The fourth-order valence-corrected chi connectivity index (χ4v) is 3.57. The van der Waals surface area contributed by atoms with Gasteiger partial charge in [0, 0.05) is 23.7 Å². The van der Waals surface area contributed by atoms with Crippen LogP contribution in [0.4, 0.5) is 0 Å². The second-order valence-electron chi connectivity index (χ2n) is 7.13. The van der Waals surface area contributed by atoms with Crippen molar-refractivity contribution in [3.05, 3.63) is 102 Å². The summed E-state index contributed by atoms with van der Waals surface area (Å²) in [5.74, 6) is 0.272.